The van der Waals surface area contributed by atoms with Crippen LogP contribution in [0.25, 0.3) is 0 Å². The Bertz CT molecular complexity index is 369. The highest BCUT2D eigenvalue weighted by molar-refractivity contribution is 5.84. The first kappa shape index (κ1) is 15.3. The largest absolute Gasteiger partial charge is 0.480 e. The molecule has 5 heteroatoms. The summed E-state index contributed by atoms with van der Waals surface area (Å²) in [6, 6.07) is -0.494. The van der Waals surface area contributed by atoms with Gasteiger partial charge in [0.1, 0.15) is 6.04 Å². The van der Waals surface area contributed by atoms with E-state index in [1.807, 2.05) is 13.8 Å². The van der Waals surface area contributed by atoms with Gasteiger partial charge in [0.15, 0.2) is 0 Å². The maximum atomic E-state index is 12.4. The zero-order valence-electron chi connectivity index (χ0n) is 12.4. The zero-order valence-corrected chi connectivity index (χ0v) is 12.4. The van der Waals surface area contributed by atoms with Crippen molar-refractivity contribution in [1.82, 2.24) is 4.90 Å². The Morgan fingerprint density at radius 2 is 2.00 bits per heavy atom. The van der Waals surface area contributed by atoms with Gasteiger partial charge in [0.05, 0.1) is 19.1 Å². The van der Waals surface area contributed by atoms with Crippen LogP contribution >= 0.6 is 0 Å². The average molecular weight is 283 g/mol. The van der Waals surface area contributed by atoms with E-state index in [2.05, 4.69) is 0 Å². The number of nitrogens with zero attached hydrogens (tertiary/aromatic N) is 1. The second-order valence-electron chi connectivity index (χ2n) is 6.17. The lowest BCUT2D eigenvalue weighted by Crippen LogP contribution is -2.46. The van der Waals surface area contributed by atoms with Gasteiger partial charge in [-0.1, -0.05) is 12.8 Å². The highest BCUT2D eigenvalue weighted by Crippen LogP contribution is 2.40. The third-order valence-electron chi connectivity index (χ3n) is 4.43. The van der Waals surface area contributed by atoms with Crippen LogP contribution in [0, 0.1) is 5.92 Å². The minimum absolute atomic E-state index is 0.0625. The topological polar surface area (TPSA) is 66.8 Å². The summed E-state index contributed by atoms with van der Waals surface area (Å²) in [5.74, 6) is -0.551. The molecule has 2 aliphatic rings. The Hall–Kier alpha value is -1.10. The third kappa shape index (κ3) is 3.32. The highest BCUT2D eigenvalue weighted by Gasteiger charge is 2.47. The van der Waals surface area contributed by atoms with Gasteiger partial charge in [0.2, 0.25) is 5.91 Å². The van der Waals surface area contributed by atoms with Crippen molar-refractivity contribution in [3.05, 3.63) is 0 Å². The van der Waals surface area contributed by atoms with E-state index in [0.29, 0.717) is 18.9 Å². The van der Waals surface area contributed by atoms with Gasteiger partial charge in [-0.3, -0.25) is 4.79 Å². The molecule has 1 aliphatic heterocycles. The number of rotatable bonds is 5. The fourth-order valence-corrected chi connectivity index (χ4v) is 3.55. The highest BCUT2D eigenvalue weighted by atomic mass is 16.5. The summed E-state index contributed by atoms with van der Waals surface area (Å²) in [6.07, 6.45) is 5.26. The number of hydrogen-bond acceptors (Lipinski definition) is 3. The van der Waals surface area contributed by atoms with Gasteiger partial charge in [-0.2, -0.15) is 0 Å². The number of amides is 1. The second-order valence-corrected chi connectivity index (χ2v) is 6.17. The van der Waals surface area contributed by atoms with Crippen molar-refractivity contribution in [2.75, 3.05) is 6.61 Å². The van der Waals surface area contributed by atoms with Gasteiger partial charge in [-0.05, 0) is 39.0 Å². The van der Waals surface area contributed by atoms with E-state index in [0.717, 1.165) is 25.7 Å². The number of carboxylic acids is 1. The predicted octanol–water partition coefficient (Wildman–Crippen LogP) is 2.05. The minimum Gasteiger partial charge on any atom is -0.480 e. The van der Waals surface area contributed by atoms with Gasteiger partial charge in [-0.15, -0.1) is 0 Å². The van der Waals surface area contributed by atoms with Crippen LogP contribution in [0.1, 0.15) is 52.4 Å². The SMILES string of the molecule is CC(C)OCCC(=O)N1[C@H](C(=O)O)C[C@H]2CCCC[C@@H]21. The molecule has 0 aromatic carbocycles. The number of aliphatic carboxylic acids is 1. The Morgan fingerprint density at radius 1 is 1.30 bits per heavy atom. The first-order chi connectivity index (χ1) is 9.50. The lowest BCUT2D eigenvalue weighted by molar-refractivity contribution is -0.150. The van der Waals surface area contributed by atoms with Crippen molar-refractivity contribution < 1.29 is 19.4 Å². The molecule has 0 bridgehead atoms. The van der Waals surface area contributed by atoms with Gasteiger partial charge in [0, 0.05) is 6.04 Å². The molecular weight excluding hydrogens is 258 g/mol. The molecule has 1 heterocycles. The molecule has 1 N–H and O–H groups in total. The van der Waals surface area contributed by atoms with Crippen LogP contribution in [0.15, 0.2) is 0 Å². The summed E-state index contributed by atoms with van der Waals surface area (Å²) in [6.45, 7) is 4.23. The number of likely N-dealkylation sites (tertiary alicyclic amines) is 1. The lowest BCUT2D eigenvalue weighted by Gasteiger charge is -2.33. The summed E-state index contributed by atoms with van der Waals surface area (Å²) >= 11 is 0. The van der Waals surface area contributed by atoms with Crippen molar-refractivity contribution in [1.29, 1.82) is 0 Å². The van der Waals surface area contributed by atoms with E-state index in [-0.39, 0.29) is 24.5 Å². The quantitative estimate of drug-likeness (QED) is 0.838. The van der Waals surface area contributed by atoms with Crippen molar-refractivity contribution in [2.24, 2.45) is 5.92 Å². The molecule has 0 spiro atoms. The Balaban J connectivity index is 2.01. The number of ether oxygens (including phenoxy) is 1. The van der Waals surface area contributed by atoms with Crippen molar-refractivity contribution in [3.63, 3.8) is 0 Å². The van der Waals surface area contributed by atoms with Gasteiger partial charge in [-0.25, -0.2) is 4.79 Å². The molecule has 0 radical (unpaired) electrons. The minimum atomic E-state index is -0.863. The molecule has 1 saturated heterocycles. The molecule has 2 rings (SSSR count). The maximum Gasteiger partial charge on any atom is 0.326 e. The maximum absolute atomic E-state index is 12.4. The third-order valence-corrected chi connectivity index (χ3v) is 4.43. The van der Waals surface area contributed by atoms with E-state index in [1.165, 1.54) is 0 Å². The molecule has 1 amide bonds. The summed E-state index contributed by atoms with van der Waals surface area (Å²) in [4.78, 5) is 25.4. The van der Waals surface area contributed by atoms with Crippen LogP contribution in [0.4, 0.5) is 0 Å². The smallest absolute Gasteiger partial charge is 0.326 e. The van der Waals surface area contributed by atoms with Crippen LogP contribution in [0.5, 0.6) is 0 Å². The molecule has 5 nitrogen and oxygen atoms in total. The molecule has 114 valence electrons. The molecule has 1 saturated carbocycles. The normalized spacial score (nSPS) is 29.6. The summed E-state index contributed by atoms with van der Waals surface area (Å²) in [5, 5.41) is 9.37. The number of carbonyl (C=O) groups is 2. The zero-order chi connectivity index (χ0) is 14.7. The second kappa shape index (κ2) is 6.57. The van der Waals surface area contributed by atoms with Crippen LogP contribution in [-0.4, -0.2) is 46.7 Å². The molecule has 20 heavy (non-hydrogen) atoms. The molecule has 0 aromatic heterocycles. The number of hydrogen-bond donors (Lipinski definition) is 1. The van der Waals surface area contributed by atoms with Crippen LogP contribution in [0.2, 0.25) is 0 Å². The first-order valence-corrected chi connectivity index (χ1v) is 7.66. The number of fused-ring (bicyclic) bond motifs is 1. The lowest BCUT2D eigenvalue weighted by atomic mass is 9.84. The van der Waals surface area contributed by atoms with E-state index < -0.39 is 12.0 Å². The average Bonchev–Trinajstić information content (AvgIpc) is 2.77. The van der Waals surface area contributed by atoms with Crippen molar-refractivity contribution in [3.8, 4) is 0 Å². The molecular formula is C15H25NO4. The molecule has 0 aromatic rings. The molecule has 3 atom stereocenters. The molecule has 2 fully saturated rings. The Morgan fingerprint density at radius 3 is 2.65 bits per heavy atom. The summed E-state index contributed by atoms with van der Waals surface area (Å²) in [7, 11) is 0. The first-order valence-electron chi connectivity index (χ1n) is 7.66. The number of carbonyl (C=O) groups excluding carboxylic acids is 1. The van der Waals surface area contributed by atoms with Crippen LogP contribution < -0.4 is 0 Å². The Labute approximate surface area is 120 Å². The van der Waals surface area contributed by atoms with Gasteiger partial charge < -0.3 is 14.7 Å². The number of carboxylic acid groups (broad SMARTS) is 1. The van der Waals surface area contributed by atoms with Crippen molar-refractivity contribution in [2.45, 2.75) is 70.6 Å². The van der Waals surface area contributed by atoms with Gasteiger partial charge in [0.25, 0.3) is 0 Å². The Kier molecular flexibility index (Phi) is 5.02. The monoisotopic (exact) mass is 283 g/mol. The predicted molar refractivity (Wildman–Crippen MR) is 74.3 cm³/mol. The standard InChI is InChI=1S/C15H25NO4/c1-10(2)20-8-7-14(17)16-12-6-4-3-5-11(12)9-13(16)15(18)19/h10-13H,3-9H2,1-2H3,(H,18,19)/t11-,12+,13+/m1/s1. The van der Waals surface area contributed by atoms with E-state index in [1.54, 1.807) is 4.90 Å². The van der Waals surface area contributed by atoms with E-state index in [4.69, 9.17) is 4.74 Å². The molecule has 1 aliphatic carbocycles. The molecule has 0 unspecified atom stereocenters. The van der Waals surface area contributed by atoms with E-state index >= 15 is 0 Å². The fourth-order valence-electron chi connectivity index (χ4n) is 3.55. The summed E-state index contributed by atoms with van der Waals surface area (Å²) in [5.41, 5.74) is 0. The van der Waals surface area contributed by atoms with Crippen LogP contribution in [0.3, 0.4) is 0 Å². The van der Waals surface area contributed by atoms with Crippen LogP contribution in [-0.2, 0) is 14.3 Å². The van der Waals surface area contributed by atoms with Gasteiger partial charge >= 0.3 is 5.97 Å². The fraction of sp³-hybridized carbons (Fsp3) is 0.867. The van der Waals surface area contributed by atoms with Crippen molar-refractivity contribution >= 4 is 11.9 Å². The van der Waals surface area contributed by atoms with E-state index in [9.17, 15) is 14.7 Å². The summed E-state index contributed by atoms with van der Waals surface area (Å²) < 4.78 is 5.41.